The largest absolute Gasteiger partial charge is 0.370 e. The summed E-state index contributed by atoms with van der Waals surface area (Å²) in [5.41, 5.74) is 1.95. The number of carbonyl (C=O) groups excluding carboxylic acids is 1. The minimum Gasteiger partial charge on any atom is -0.370 e. The molecule has 0 radical (unpaired) electrons. The second-order valence-electron chi connectivity index (χ2n) is 5.42. The number of Topliss-reactive ketones (excluding diaryl/α,β-unsaturated/α-hetero) is 1. The van der Waals surface area contributed by atoms with Gasteiger partial charge >= 0.3 is 0 Å². The predicted octanol–water partition coefficient (Wildman–Crippen LogP) is 3.61. The maximum atomic E-state index is 11.7. The summed E-state index contributed by atoms with van der Waals surface area (Å²) >= 11 is 2.03. The van der Waals surface area contributed by atoms with Gasteiger partial charge in [-0.3, -0.25) is 4.79 Å². The Balaban J connectivity index is 2.24. The fourth-order valence-corrected chi connectivity index (χ4v) is 3.41. The SMILES string of the molecule is CC(=O)c1ccccc1N1CCSC(C)(C)CC1. The molecule has 0 aliphatic carbocycles. The first-order chi connectivity index (χ1) is 8.49. The van der Waals surface area contributed by atoms with Crippen LogP contribution in [0.25, 0.3) is 0 Å². The molecular weight excluding hydrogens is 242 g/mol. The van der Waals surface area contributed by atoms with Gasteiger partial charge < -0.3 is 4.90 Å². The van der Waals surface area contributed by atoms with Gasteiger partial charge in [0, 0.05) is 34.8 Å². The maximum absolute atomic E-state index is 11.7. The molecule has 3 heteroatoms. The van der Waals surface area contributed by atoms with Gasteiger partial charge in [0.15, 0.2) is 5.78 Å². The molecule has 1 aromatic rings. The summed E-state index contributed by atoms with van der Waals surface area (Å²) in [6.45, 7) is 8.31. The van der Waals surface area contributed by atoms with Gasteiger partial charge in [-0.15, -0.1) is 0 Å². The highest BCUT2D eigenvalue weighted by Gasteiger charge is 2.24. The van der Waals surface area contributed by atoms with Crippen molar-refractivity contribution in [2.45, 2.75) is 31.9 Å². The number of carbonyl (C=O) groups is 1. The van der Waals surface area contributed by atoms with E-state index in [0.29, 0.717) is 4.75 Å². The number of thioether (sulfide) groups is 1. The zero-order valence-corrected chi connectivity index (χ0v) is 12.2. The lowest BCUT2D eigenvalue weighted by Gasteiger charge is -2.25. The molecule has 2 rings (SSSR count). The molecule has 0 aromatic heterocycles. The van der Waals surface area contributed by atoms with Crippen LogP contribution in [-0.2, 0) is 0 Å². The van der Waals surface area contributed by atoms with E-state index in [4.69, 9.17) is 0 Å². The first-order valence-corrected chi connectivity index (χ1v) is 7.47. The summed E-state index contributed by atoms with van der Waals surface area (Å²) in [7, 11) is 0. The molecule has 0 atom stereocenters. The molecule has 0 bridgehead atoms. The summed E-state index contributed by atoms with van der Waals surface area (Å²) < 4.78 is 0.347. The highest BCUT2D eigenvalue weighted by atomic mass is 32.2. The Morgan fingerprint density at radius 3 is 2.72 bits per heavy atom. The first-order valence-electron chi connectivity index (χ1n) is 6.48. The summed E-state index contributed by atoms with van der Waals surface area (Å²) in [5, 5.41) is 0. The van der Waals surface area contributed by atoms with E-state index in [1.54, 1.807) is 6.92 Å². The molecule has 1 aliphatic heterocycles. The van der Waals surface area contributed by atoms with Gasteiger partial charge in [0.05, 0.1) is 0 Å². The van der Waals surface area contributed by atoms with Crippen molar-refractivity contribution >= 4 is 23.2 Å². The predicted molar refractivity (Wildman–Crippen MR) is 79.8 cm³/mol. The number of rotatable bonds is 2. The lowest BCUT2D eigenvalue weighted by atomic mass is 10.1. The van der Waals surface area contributed by atoms with Gasteiger partial charge in [0.25, 0.3) is 0 Å². The van der Waals surface area contributed by atoms with Gasteiger partial charge in [-0.1, -0.05) is 26.0 Å². The Labute approximate surface area is 114 Å². The van der Waals surface area contributed by atoms with Gasteiger partial charge in [0.2, 0.25) is 0 Å². The highest BCUT2D eigenvalue weighted by molar-refractivity contribution is 8.00. The first kappa shape index (κ1) is 13.5. The van der Waals surface area contributed by atoms with Crippen molar-refractivity contribution in [3.63, 3.8) is 0 Å². The maximum Gasteiger partial charge on any atom is 0.161 e. The number of nitrogens with zero attached hydrogens (tertiary/aromatic N) is 1. The number of benzene rings is 1. The van der Waals surface area contributed by atoms with Crippen molar-refractivity contribution in [1.29, 1.82) is 0 Å². The lowest BCUT2D eigenvalue weighted by molar-refractivity contribution is 0.101. The van der Waals surface area contributed by atoms with E-state index >= 15 is 0 Å². The zero-order valence-electron chi connectivity index (χ0n) is 11.4. The van der Waals surface area contributed by atoms with E-state index in [-0.39, 0.29) is 5.78 Å². The van der Waals surface area contributed by atoms with Crippen molar-refractivity contribution in [3.8, 4) is 0 Å². The van der Waals surface area contributed by atoms with E-state index in [0.717, 1.165) is 36.5 Å². The summed E-state index contributed by atoms with van der Waals surface area (Å²) in [4.78, 5) is 14.0. The molecule has 1 heterocycles. The van der Waals surface area contributed by atoms with E-state index < -0.39 is 0 Å². The van der Waals surface area contributed by atoms with E-state index in [1.165, 1.54) is 0 Å². The summed E-state index contributed by atoms with van der Waals surface area (Å²) in [6.07, 6.45) is 1.16. The van der Waals surface area contributed by atoms with Crippen molar-refractivity contribution < 1.29 is 4.79 Å². The topological polar surface area (TPSA) is 20.3 Å². The van der Waals surface area contributed by atoms with Crippen molar-refractivity contribution in [2.24, 2.45) is 0 Å². The second-order valence-corrected chi connectivity index (χ2v) is 7.22. The summed E-state index contributed by atoms with van der Waals surface area (Å²) in [6, 6.07) is 7.96. The molecule has 1 aliphatic rings. The fourth-order valence-electron chi connectivity index (χ4n) is 2.31. The molecule has 0 unspecified atom stereocenters. The van der Waals surface area contributed by atoms with E-state index in [1.807, 2.05) is 30.0 Å². The molecule has 0 spiro atoms. The molecule has 2 nitrogen and oxygen atoms in total. The van der Waals surface area contributed by atoms with Gasteiger partial charge in [0.1, 0.15) is 0 Å². The molecule has 18 heavy (non-hydrogen) atoms. The molecule has 0 saturated carbocycles. The van der Waals surface area contributed by atoms with Crippen LogP contribution >= 0.6 is 11.8 Å². The van der Waals surface area contributed by atoms with Crippen LogP contribution in [0, 0.1) is 0 Å². The standard InChI is InChI=1S/C15H21NOS/c1-12(17)13-6-4-5-7-14(13)16-9-8-15(2,3)18-11-10-16/h4-7H,8-11H2,1-3H3. The third-order valence-electron chi connectivity index (χ3n) is 3.46. The smallest absolute Gasteiger partial charge is 0.161 e. The quantitative estimate of drug-likeness (QED) is 0.760. The van der Waals surface area contributed by atoms with Crippen LogP contribution in [0.5, 0.6) is 0 Å². The molecule has 98 valence electrons. The zero-order chi connectivity index (χ0) is 13.2. The van der Waals surface area contributed by atoms with Crippen LogP contribution in [0.2, 0.25) is 0 Å². The van der Waals surface area contributed by atoms with Crippen LogP contribution in [0.15, 0.2) is 24.3 Å². The third-order valence-corrected chi connectivity index (χ3v) is 4.83. The molecule has 1 aromatic carbocycles. The summed E-state index contributed by atoms with van der Waals surface area (Å²) in [5.74, 6) is 1.28. The Hall–Kier alpha value is -0.960. The van der Waals surface area contributed by atoms with Crippen LogP contribution in [0.3, 0.4) is 0 Å². The van der Waals surface area contributed by atoms with E-state index in [9.17, 15) is 4.79 Å². The fraction of sp³-hybridized carbons (Fsp3) is 0.533. The van der Waals surface area contributed by atoms with Gasteiger partial charge in [-0.05, 0) is 25.5 Å². The number of anilines is 1. The van der Waals surface area contributed by atoms with Crippen molar-refractivity contribution in [1.82, 2.24) is 0 Å². The van der Waals surface area contributed by atoms with Crippen molar-refractivity contribution in [3.05, 3.63) is 29.8 Å². The van der Waals surface area contributed by atoms with Crippen molar-refractivity contribution in [2.75, 3.05) is 23.7 Å². The number of ketones is 1. The van der Waals surface area contributed by atoms with Crippen LogP contribution in [-0.4, -0.2) is 29.4 Å². The Bertz CT molecular complexity index is 442. The Morgan fingerprint density at radius 1 is 1.28 bits per heavy atom. The Morgan fingerprint density at radius 2 is 2.00 bits per heavy atom. The molecule has 1 saturated heterocycles. The van der Waals surface area contributed by atoms with Crippen LogP contribution < -0.4 is 4.90 Å². The van der Waals surface area contributed by atoms with Crippen LogP contribution in [0.1, 0.15) is 37.6 Å². The minimum absolute atomic E-state index is 0.154. The van der Waals surface area contributed by atoms with Gasteiger partial charge in [-0.25, -0.2) is 0 Å². The highest BCUT2D eigenvalue weighted by Crippen LogP contribution is 2.33. The van der Waals surface area contributed by atoms with Crippen LogP contribution in [0.4, 0.5) is 5.69 Å². The number of para-hydroxylation sites is 1. The monoisotopic (exact) mass is 263 g/mol. The average molecular weight is 263 g/mol. The Kier molecular flexibility index (Phi) is 4.00. The second kappa shape index (κ2) is 5.35. The van der Waals surface area contributed by atoms with E-state index in [2.05, 4.69) is 24.8 Å². The van der Waals surface area contributed by atoms with Gasteiger partial charge in [-0.2, -0.15) is 11.8 Å². The normalized spacial score (nSPS) is 19.4. The minimum atomic E-state index is 0.154. The molecule has 0 amide bonds. The number of hydrogen-bond donors (Lipinski definition) is 0. The third kappa shape index (κ3) is 3.08. The lowest BCUT2D eigenvalue weighted by Crippen LogP contribution is -2.28. The average Bonchev–Trinajstić information content (AvgIpc) is 2.50. The molecule has 1 fully saturated rings. The molecular formula is C15H21NOS. The molecule has 0 N–H and O–H groups in total. The number of hydrogen-bond acceptors (Lipinski definition) is 3.